The predicted octanol–water partition coefficient (Wildman–Crippen LogP) is 1.81. The van der Waals surface area contributed by atoms with Crippen LogP contribution >= 0.6 is 0 Å². The van der Waals surface area contributed by atoms with E-state index in [0.717, 1.165) is 69.3 Å². The molecule has 1 atom stereocenters. The van der Waals surface area contributed by atoms with E-state index in [2.05, 4.69) is 26.2 Å². The van der Waals surface area contributed by atoms with E-state index in [1.807, 2.05) is 25.9 Å². The first kappa shape index (κ1) is 19.4. The number of rotatable bonds is 5. The van der Waals surface area contributed by atoms with Crippen LogP contribution in [-0.2, 0) is 4.79 Å². The smallest absolute Gasteiger partial charge is 0.226 e. The third kappa shape index (κ3) is 4.57. The first-order chi connectivity index (χ1) is 13.5. The van der Waals surface area contributed by atoms with Crippen LogP contribution in [0.25, 0.3) is 0 Å². The van der Waals surface area contributed by atoms with Crippen molar-refractivity contribution in [1.82, 2.24) is 20.2 Å². The van der Waals surface area contributed by atoms with E-state index < -0.39 is 0 Å². The lowest BCUT2D eigenvalue weighted by atomic mass is 9.93. The average molecular weight is 387 g/mol. The van der Waals surface area contributed by atoms with Crippen molar-refractivity contribution in [2.24, 2.45) is 5.92 Å². The zero-order valence-electron chi connectivity index (χ0n) is 17.5. The molecule has 0 radical (unpaired) electrons. The van der Waals surface area contributed by atoms with Crippen molar-refractivity contribution in [3.8, 4) is 0 Å². The lowest BCUT2D eigenvalue weighted by molar-refractivity contribution is -0.127. The highest BCUT2D eigenvalue weighted by Crippen LogP contribution is 2.27. The van der Waals surface area contributed by atoms with E-state index in [4.69, 9.17) is 4.98 Å². The Labute approximate surface area is 168 Å². The molecule has 0 spiro atoms. The van der Waals surface area contributed by atoms with Crippen LogP contribution in [0.5, 0.6) is 0 Å². The van der Waals surface area contributed by atoms with E-state index in [1.165, 1.54) is 12.8 Å². The molecule has 3 fully saturated rings. The molecule has 7 heteroatoms. The standard InChI is InChI=1S/C21H34N6O/c1-15-13-19(24-21(22-15)25(2)3)26-11-8-18(9-12-26)27-10-4-5-16(14-27)20(28)23-17-6-7-17/h13,16-18H,4-12,14H2,1-3H3,(H,23,28)/t16-/m0/s1. The van der Waals surface area contributed by atoms with Crippen LogP contribution in [0.1, 0.15) is 44.2 Å². The van der Waals surface area contributed by atoms with Gasteiger partial charge in [-0.2, -0.15) is 4.98 Å². The molecular weight excluding hydrogens is 352 g/mol. The molecule has 1 aromatic rings. The Morgan fingerprint density at radius 1 is 1.11 bits per heavy atom. The topological polar surface area (TPSA) is 64.6 Å². The minimum Gasteiger partial charge on any atom is -0.356 e. The van der Waals surface area contributed by atoms with E-state index in [-0.39, 0.29) is 11.8 Å². The summed E-state index contributed by atoms with van der Waals surface area (Å²) in [5, 5.41) is 3.20. The number of amides is 1. The Kier molecular flexibility index (Phi) is 5.71. The molecule has 1 amide bonds. The van der Waals surface area contributed by atoms with E-state index in [0.29, 0.717) is 12.1 Å². The summed E-state index contributed by atoms with van der Waals surface area (Å²) < 4.78 is 0. The van der Waals surface area contributed by atoms with Crippen LogP contribution < -0.4 is 15.1 Å². The number of aromatic nitrogens is 2. The molecule has 0 bridgehead atoms. The zero-order valence-corrected chi connectivity index (χ0v) is 17.5. The van der Waals surface area contributed by atoms with Gasteiger partial charge in [-0.1, -0.05) is 0 Å². The highest BCUT2D eigenvalue weighted by atomic mass is 16.2. The van der Waals surface area contributed by atoms with Crippen molar-refractivity contribution < 1.29 is 4.79 Å². The van der Waals surface area contributed by atoms with Crippen molar-refractivity contribution in [2.45, 2.75) is 57.5 Å². The lowest BCUT2D eigenvalue weighted by Gasteiger charge is -2.42. The van der Waals surface area contributed by atoms with Gasteiger partial charge in [0.2, 0.25) is 11.9 Å². The second-order valence-electron chi connectivity index (χ2n) is 8.90. The maximum atomic E-state index is 12.5. The van der Waals surface area contributed by atoms with Crippen LogP contribution in [-0.4, -0.2) is 73.1 Å². The summed E-state index contributed by atoms with van der Waals surface area (Å²) in [5.41, 5.74) is 1.01. The molecule has 0 aromatic carbocycles. The molecule has 0 unspecified atom stereocenters. The van der Waals surface area contributed by atoms with Crippen LogP contribution in [0.3, 0.4) is 0 Å². The minimum absolute atomic E-state index is 0.180. The second-order valence-corrected chi connectivity index (χ2v) is 8.90. The van der Waals surface area contributed by atoms with Crippen molar-refractivity contribution in [3.63, 3.8) is 0 Å². The van der Waals surface area contributed by atoms with Gasteiger partial charge in [0.1, 0.15) is 5.82 Å². The third-order valence-corrected chi connectivity index (χ3v) is 6.28. The maximum absolute atomic E-state index is 12.5. The van der Waals surface area contributed by atoms with Crippen LogP contribution in [0, 0.1) is 12.8 Å². The largest absolute Gasteiger partial charge is 0.356 e. The van der Waals surface area contributed by atoms with Gasteiger partial charge in [-0.05, 0) is 52.0 Å². The highest BCUT2D eigenvalue weighted by Gasteiger charge is 2.34. The predicted molar refractivity (Wildman–Crippen MR) is 112 cm³/mol. The third-order valence-electron chi connectivity index (χ3n) is 6.28. The summed E-state index contributed by atoms with van der Waals surface area (Å²) in [4.78, 5) is 28.6. The number of aryl methyl sites for hydroxylation is 1. The van der Waals surface area contributed by atoms with Gasteiger partial charge in [0.05, 0.1) is 5.92 Å². The summed E-state index contributed by atoms with van der Waals surface area (Å²) in [6.45, 7) is 6.13. The fraction of sp³-hybridized carbons (Fsp3) is 0.762. The Morgan fingerprint density at radius 3 is 2.54 bits per heavy atom. The SMILES string of the molecule is Cc1cc(N2CCC(N3CCC[C@H](C(=O)NC4CC4)C3)CC2)nc(N(C)C)n1. The molecule has 7 nitrogen and oxygen atoms in total. The van der Waals surface area contributed by atoms with Gasteiger partial charge in [0.25, 0.3) is 0 Å². The number of hydrogen-bond acceptors (Lipinski definition) is 6. The summed E-state index contributed by atoms with van der Waals surface area (Å²) in [7, 11) is 3.97. The Hall–Kier alpha value is -1.89. The van der Waals surface area contributed by atoms with E-state index in [1.54, 1.807) is 0 Å². The van der Waals surface area contributed by atoms with Crippen molar-refractivity contribution in [2.75, 3.05) is 50.1 Å². The van der Waals surface area contributed by atoms with Gasteiger partial charge < -0.3 is 15.1 Å². The quantitative estimate of drug-likeness (QED) is 0.833. The summed E-state index contributed by atoms with van der Waals surface area (Å²) in [6.07, 6.45) is 6.79. The fourth-order valence-corrected chi connectivity index (χ4v) is 4.46. The summed E-state index contributed by atoms with van der Waals surface area (Å²) in [6, 6.07) is 3.14. The maximum Gasteiger partial charge on any atom is 0.226 e. The van der Waals surface area contributed by atoms with Crippen LogP contribution in [0.2, 0.25) is 0 Å². The van der Waals surface area contributed by atoms with Crippen LogP contribution in [0.4, 0.5) is 11.8 Å². The normalized spacial score (nSPS) is 24.2. The van der Waals surface area contributed by atoms with Gasteiger partial charge >= 0.3 is 0 Å². The number of likely N-dealkylation sites (tertiary alicyclic amines) is 1. The Balaban J connectivity index is 1.33. The molecule has 1 aromatic heterocycles. The molecule has 1 saturated carbocycles. The number of nitrogens with zero attached hydrogens (tertiary/aromatic N) is 5. The molecule has 3 heterocycles. The van der Waals surface area contributed by atoms with Crippen molar-refractivity contribution in [1.29, 1.82) is 0 Å². The molecule has 1 N–H and O–H groups in total. The molecule has 28 heavy (non-hydrogen) atoms. The number of anilines is 2. The van der Waals surface area contributed by atoms with Gasteiger partial charge in [0.15, 0.2) is 0 Å². The summed E-state index contributed by atoms with van der Waals surface area (Å²) >= 11 is 0. The van der Waals surface area contributed by atoms with Gasteiger partial charge in [-0.25, -0.2) is 4.98 Å². The number of hydrogen-bond donors (Lipinski definition) is 1. The Morgan fingerprint density at radius 2 is 1.86 bits per heavy atom. The highest BCUT2D eigenvalue weighted by molar-refractivity contribution is 5.79. The van der Waals surface area contributed by atoms with Crippen molar-refractivity contribution >= 4 is 17.7 Å². The van der Waals surface area contributed by atoms with Gasteiger partial charge in [0, 0.05) is 57.6 Å². The molecule has 154 valence electrons. The van der Waals surface area contributed by atoms with E-state index in [9.17, 15) is 4.79 Å². The molecule has 4 rings (SSSR count). The van der Waals surface area contributed by atoms with Gasteiger partial charge in [-0.15, -0.1) is 0 Å². The molecular formula is C21H34N6O. The second kappa shape index (κ2) is 8.23. The molecule has 3 aliphatic rings. The zero-order chi connectivity index (χ0) is 19.7. The lowest BCUT2D eigenvalue weighted by Crippen LogP contribution is -2.51. The molecule has 2 saturated heterocycles. The molecule has 1 aliphatic carbocycles. The monoisotopic (exact) mass is 386 g/mol. The number of nitrogens with one attached hydrogen (secondary N) is 1. The number of carbonyl (C=O) groups excluding carboxylic acids is 1. The number of carbonyl (C=O) groups is 1. The van der Waals surface area contributed by atoms with Gasteiger partial charge in [-0.3, -0.25) is 9.69 Å². The summed E-state index contributed by atoms with van der Waals surface area (Å²) in [5.74, 6) is 2.28. The Bertz CT molecular complexity index is 696. The van der Waals surface area contributed by atoms with E-state index >= 15 is 0 Å². The number of piperidine rings is 2. The first-order valence-electron chi connectivity index (χ1n) is 10.8. The average Bonchev–Trinajstić information content (AvgIpc) is 3.51. The fourth-order valence-electron chi connectivity index (χ4n) is 4.46. The minimum atomic E-state index is 0.180. The van der Waals surface area contributed by atoms with Crippen LogP contribution in [0.15, 0.2) is 6.07 Å². The van der Waals surface area contributed by atoms with Crippen molar-refractivity contribution in [3.05, 3.63) is 11.8 Å². The molecule has 2 aliphatic heterocycles. The first-order valence-corrected chi connectivity index (χ1v) is 10.8.